The monoisotopic (exact) mass is 675 g/mol. The largest absolute Gasteiger partial charge is 0.540 e. The second-order valence-electron chi connectivity index (χ2n) is 14.1. The first-order valence-corrected chi connectivity index (χ1v) is 21.7. The maximum absolute atomic E-state index is 13.3. The van der Waals surface area contributed by atoms with Crippen molar-refractivity contribution in [2.75, 3.05) is 5.32 Å². The standard InChI is InChI=1S/C37H53N3O3SSi2/c1-24(2)45(25(3)4,26(5)6)42-34-19-18-30(21-35(34)43-46(27(7)8,28(9)10)29(11)12)20-32(22-38)36(41)40-37-39-33(23-44-37)31-16-14-13-15-17-31/h13-21,23-29H,1-12H3,(H,39,40,41)/b32-20+. The minimum Gasteiger partial charge on any atom is -0.540 e. The average molecular weight is 676 g/mol. The zero-order valence-corrected chi connectivity index (χ0v) is 32.6. The lowest BCUT2D eigenvalue weighted by molar-refractivity contribution is -0.112. The molecule has 3 aromatic rings. The second-order valence-corrected chi connectivity index (χ2v) is 25.7. The van der Waals surface area contributed by atoms with E-state index < -0.39 is 22.5 Å². The minimum atomic E-state index is -2.36. The van der Waals surface area contributed by atoms with Crippen LogP contribution in [0.5, 0.6) is 11.5 Å². The van der Waals surface area contributed by atoms with Crippen molar-refractivity contribution >= 4 is 45.1 Å². The normalized spacial score (nSPS) is 12.8. The van der Waals surface area contributed by atoms with Crippen molar-refractivity contribution in [3.05, 3.63) is 65.0 Å². The lowest BCUT2D eigenvalue weighted by Crippen LogP contribution is -2.52. The van der Waals surface area contributed by atoms with Gasteiger partial charge in [0, 0.05) is 10.9 Å². The predicted octanol–water partition coefficient (Wildman–Crippen LogP) is 11.5. The highest BCUT2D eigenvalue weighted by Crippen LogP contribution is 2.48. The van der Waals surface area contributed by atoms with Crippen molar-refractivity contribution in [1.29, 1.82) is 5.26 Å². The molecule has 0 unspecified atom stereocenters. The average Bonchev–Trinajstić information content (AvgIpc) is 3.45. The smallest absolute Gasteiger partial charge is 0.268 e. The molecule has 0 fully saturated rings. The van der Waals surface area contributed by atoms with Crippen LogP contribution in [0.2, 0.25) is 33.2 Å². The van der Waals surface area contributed by atoms with E-state index in [2.05, 4.69) is 99.5 Å². The highest BCUT2D eigenvalue weighted by Gasteiger charge is 2.49. The van der Waals surface area contributed by atoms with Crippen LogP contribution >= 0.6 is 11.3 Å². The van der Waals surface area contributed by atoms with Gasteiger partial charge in [-0.1, -0.05) is 119 Å². The number of thiazole rings is 1. The number of rotatable bonds is 14. The number of hydrogen-bond donors (Lipinski definition) is 1. The Hall–Kier alpha value is -3.20. The van der Waals surface area contributed by atoms with Crippen LogP contribution < -0.4 is 14.2 Å². The van der Waals surface area contributed by atoms with Gasteiger partial charge in [-0.05, 0) is 57.0 Å². The molecule has 0 radical (unpaired) electrons. The maximum Gasteiger partial charge on any atom is 0.268 e. The molecule has 2 aromatic carbocycles. The van der Waals surface area contributed by atoms with Gasteiger partial charge < -0.3 is 8.85 Å². The second kappa shape index (κ2) is 15.6. The SMILES string of the molecule is CC(C)[Si](Oc1ccc(/C=C(\C#N)C(=O)Nc2nc(-c3ccccc3)cs2)cc1O[Si](C(C)C)(C(C)C)C(C)C)(C(C)C)C(C)C. The Morgan fingerprint density at radius 2 is 1.28 bits per heavy atom. The lowest BCUT2D eigenvalue weighted by atomic mass is 10.1. The fourth-order valence-corrected chi connectivity index (χ4v) is 18.6. The third-order valence-electron chi connectivity index (χ3n) is 9.43. The molecule has 0 aliphatic carbocycles. The Morgan fingerprint density at radius 3 is 1.76 bits per heavy atom. The Bertz CT molecular complexity index is 1500. The molecule has 9 heteroatoms. The van der Waals surface area contributed by atoms with Gasteiger partial charge in [-0.15, -0.1) is 11.3 Å². The number of carbonyl (C=O) groups is 1. The van der Waals surface area contributed by atoms with Crippen LogP contribution in [-0.4, -0.2) is 27.5 Å². The van der Waals surface area contributed by atoms with Crippen molar-refractivity contribution in [2.24, 2.45) is 0 Å². The van der Waals surface area contributed by atoms with E-state index in [1.165, 1.54) is 11.3 Å². The van der Waals surface area contributed by atoms with Gasteiger partial charge in [0.25, 0.3) is 22.5 Å². The van der Waals surface area contributed by atoms with Gasteiger partial charge in [0.05, 0.1) is 5.69 Å². The fraction of sp³-hybridized carbons (Fsp3) is 0.486. The summed E-state index contributed by atoms with van der Waals surface area (Å²) in [5.74, 6) is 0.971. The van der Waals surface area contributed by atoms with Crippen LogP contribution in [0.15, 0.2) is 59.5 Å². The summed E-state index contributed by atoms with van der Waals surface area (Å²) in [5.41, 5.74) is 4.71. The number of nitrogens with zero attached hydrogens (tertiary/aromatic N) is 2. The minimum absolute atomic E-state index is 0.00794. The summed E-state index contributed by atoms with van der Waals surface area (Å²) >= 11 is 1.33. The van der Waals surface area contributed by atoms with Crippen LogP contribution in [0.3, 0.4) is 0 Å². The number of aromatic nitrogens is 1. The maximum atomic E-state index is 13.3. The molecule has 3 rings (SSSR count). The van der Waals surface area contributed by atoms with E-state index in [1.54, 1.807) is 6.08 Å². The van der Waals surface area contributed by atoms with Crippen LogP contribution in [0.4, 0.5) is 5.13 Å². The first-order valence-electron chi connectivity index (χ1n) is 16.6. The zero-order valence-electron chi connectivity index (χ0n) is 29.8. The Morgan fingerprint density at radius 1 is 0.783 bits per heavy atom. The van der Waals surface area contributed by atoms with Gasteiger partial charge in [0.2, 0.25) is 0 Å². The number of carbonyl (C=O) groups excluding carboxylic acids is 1. The molecule has 0 spiro atoms. The molecule has 0 aliphatic heterocycles. The van der Waals surface area contributed by atoms with Crippen molar-refractivity contribution < 1.29 is 13.6 Å². The first kappa shape index (κ1) is 37.3. The molecule has 1 amide bonds. The van der Waals surface area contributed by atoms with Gasteiger partial charge >= 0.3 is 0 Å². The van der Waals surface area contributed by atoms with E-state index >= 15 is 0 Å². The number of nitriles is 1. The van der Waals surface area contributed by atoms with E-state index in [9.17, 15) is 10.1 Å². The van der Waals surface area contributed by atoms with Gasteiger partial charge in [-0.25, -0.2) is 4.98 Å². The quantitative estimate of drug-likeness (QED) is 0.104. The molecular formula is C37H53N3O3SSi2. The van der Waals surface area contributed by atoms with Crippen molar-refractivity contribution in [3.63, 3.8) is 0 Å². The van der Waals surface area contributed by atoms with Crippen molar-refractivity contribution in [2.45, 2.75) is 116 Å². The Kier molecular flexibility index (Phi) is 12.6. The number of anilines is 1. The molecule has 0 aliphatic rings. The van der Waals surface area contributed by atoms with Gasteiger partial charge in [0.1, 0.15) is 23.1 Å². The molecule has 6 nitrogen and oxygen atoms in total. The molecule has 248 valence electrons. The van der Waals surface area contributed by atoms with Crippen LogP contribution in [0.25, 0.3) is 17.3 Å². The number of nitrogens with one attached hydrogen (secondary N) is 1. The lowest BCUT2D eigenvalue weighted by Gasteiger charge is -2.45. The van der Waals surface area contributed by atoms with E-state index in [4.69, 9.17) is 8.85 Å². The molecule has 1 aromatic heterocycles. The highest BCUT2D eigenvalue weighted by molar-refractivity contribution is 7.14. The molecule has 1 heterocycles. The summed E-state index contributed by atoms with van der Waals surface area (Å²) in [7, 11) is -4.66. The number of benzene rings is 2. The van der Waals surface area contributed by atoms with E-state index in [0.29, 0.717) is 49.7 Å². The van der Waals surface area contributed by atoms with E-state index in [-0.39, 0.29) is 5.57 Å². The van der Waals surface area contributed by atoms with Crippen molar-refractivity contribution in [3.8, 4) is 28.8 Å². The predicted molar refractivity (Wildman–Crippen MR) is 200 cm³/mol. The van der Waals surface area contributed by atoms with Crippen molar-refractivity contribution in [1.82, 2.24) is 4.98 Å². The third kappa shape index (κ3) is 7.84. The fourth-order valence-electron chi connectivity index (χ4n) is 7.42. The number of hydrogen-bond acceptors (Lipinski definition) is 6. The summed E-state index contributed by atoms with van der Waals surface area (Å²) in [5, 5.41) is 15.2. The van der Waals surface area contributed by atoms with E-state index in [0.717, 1.165) is 17.0 Å². The molecule has 46 heavy (non-hydrogen) atoms. The molecule has 1 N–H and O–H groups in total. The summed E-state index contributed by atoms with van der Waals surface area (Å²) < 4.78 is 14.5. The molecule has 0 bridgehead atoms. The summed E-state index contributed by atoms with van der Waals surface area (Å²) in [6, 6.07) is 17.8. The molecule has 0 atom stereocenters. The van der Waals surface area contributed by atoms with Gasteiger partial charge in [-0.2, -0.15) is 5.26 Å². The highest BCUT2D eigenvalue weighted by atomic mass is 32.1. The molecular weight excluding hydrogens is 623 g/mol. The number of amides is 1. The van der Waals surface area contributed by atoms with Crippen LogP contribution in [0.1, 0.15) is 88.6 Å². The van der Waals surface area contributed by atoms with Crippen LogP contribution in [-0.2, 0) is 4.79 Å². The third-order valence-corrected chi connectivity index (χ3v) is 22.2. The van der Waals surface area contributed by atoms with E-state index in [1.807, 2.05) is 53.9 Å². The summed E-state index contributed by atoms with van der Waals surface area (Å²) in [6.45, 7) is 27.3. The Balaban J connectivity index is 2.08. The zero-order chi connectivity index (χ0) is 34.4. The Labute approximate surface area is 283 Å². The molecule has 0 saturated heterocycles. The summed E-state index contributed by atoms with van der Waals surface area (Å²) in [4.78, 5) is 17.8. The summed E-state index contributed by atoms with van der Waals surface area (Å²) in [6.07, 6.45) is 1.62. The first-order chi connectivity index (χ1) is 21.6. The van der Waals surface area contributed by atoms with Gasteiger partial charge in [0.15, 0.2) is 5.13 Å². The van der Waals surface area contributed by atoms with Crippen LogP contribution in [0, 0.1) is 11.3 Å². The molecule has 0 saturated carbocycles. The van der Waals surface area contributed by atoms with Gasteiger partial charge in [-0.3, -0.25) is 10.1 Å². The topological polar surface area (TPSA) is 84.2 Å².